The van der Waals surface area contributed by atoms with Crippen molar-refractivity contribution in [2.45, 2.75) is 38.1 Å². The molecule has 160 valence electrons. The van der Waals surface area contributed by atoms with Crippen LogP contribution >= 0.6 is 0 Å². The molecule has 0 fully saturated rings. The molecule has 31 heavy (non-hydrogen) atoms. The van der Waals surface area contributed by atoms with Gasteiger partial charge in [0.25, 0.3) is 5.91 Å². The van der Waals surface area contributed by atoms with E-state index in [1.54, 1.807) is 14.2 Å². The molecule has 0 spiro atoms. The summed E-state index contributed by atoms with van der Waals surface area (Å²) in [6, 6.07) is 14.1. The van der Waals surface area contributed by atoms with Crippen LogP contribution in [0.5, 0.6) is 11.5 Å². The second-order valence-corrected chi connectivity index (χ2v) is 8.20. The highest BCUT2D eigenvalue weighted by atomic mass is 16.5. The number of ether oxygens (including phenoxy) is 2. The Morgan fingerprint density at radius 1 is 1.03 bits per heavy atom. The Morgan fingerprint density at radius 2 is 1.77 bits per heavy atom. The maximum atomic E-state index is 13.8. The summed E-state index contributed by atoms with van der Waals surface area (Å²) in [5.41, 5.74) is 6.14. The lowest BCUT2D eigenvalue weighted by Crippen LogP contribution is -2.41. The monoisotopic (exact) mass is 417 g/mol. The number of aromatic amines is 1. The van der Waals surface area contributed by atoms with Gasteiger partial charge in [0.2, 0.25) is 0 Å². The highest BCUT2D eigenvalue weighted by Gasteiger charge is 2.36. The minimum absolute atomic E-state index is 0.00584. The first kappa shape index (κ1) is 19.7. The number of methoxy groups -OCH3 is 2. The van der Waals surface area contributed by atoms with Gasteiger partial charge >= 0.3 is 0 Å². The lowest BCUT2D eigenvalue weighted by atomic mass is 9.87. The largest absolute Gasteiger partial charge is 0.493 e. The van der Waals surface area contributed by atoms with Gasteiger partial charge in [-0.2, -0.15) is 5.10 Å². The molecule has 0 bridgehead atoms. The molecule has 1 unspecified atom stereocenters. The lowest BCUT2D eigenvalue weighted by molar-refractivity contribution is 0.0686. The van der Waals surface area contributed by atoms with Crippen molar-refractivity contribution >= 4 is 5.91 Å². The van der Waals surface area contributed by atoms with Gasteiger partial charge in [-0.05, 0) is 60.9 Å². The number of aryl methyl sites for hydroxylation is 1. The zero-order valence-corrected chi connectivity index (χ0v) is 18.0. The molecular weight excluding hydrogens is 390 g/mol. The molecule has 2 aliphatic rings. The fourth-order valence-corrected chi connectivity index (χ4v) is 4.95. The zero-order chi connectivity index (χ0) is 21.4. The number of H-pyrrole nitrogens is 1. The van der Waals surface area contributed by atoms with Gasteiger partial charge in [-0.25, -0.2) is 0 Å². The molecule has 1 aliphatic carbocycles. The number of carbonyl (C=O) groups excluding carboxylic acids is 1. The Balaban J connectivity index is 1.61. The highest BCUT2D eigenvalue weighted by Crippen LogP contribution is 2.41. The van der Waals surface area contributed by atoms with Crippen LogP contribution in [0.15, 0.2) is 42.5 Å². The van der Waals surface area contributed by atoms with E-state index in [1.807, 2.05) is 35.2 Å². The molecule has 6 heteroatoms. The fraction of sp³-hybridized carbons (Fsp3) is 0.360. The van der Waals surface area contributed by atoms with Gasteiger partial charge in [0, 0.05) is 17.8 Å². The molecule has 1 atom stereocenters. The van der Waals surface area contributed by atoms with E-state index >= 15 is 0 Å². The number of hydrogen-bond donors (Lipinski definition) is 1. The number of fused-ring (bicyclic) bond motifs is 2. The number of hydrogen-bond acceptors (Lipinski definition) is 4. The number of nitrogens with zero attached hydrogens (tertiary/aromatic N) is 2. The lowest BCUT2D eigenvalue weighted by Gasteiger charge is -2.38. The van der Waals surface area contributed by atoms with E-state index in [-0.39, 0.29) is 11.9 Å². The SMILES string of the molecule is COc1cc2c(cc1OC)C(c1ccccc1)N(C(=O)c1n[nH]c3c1CCCC3)CC2. The van der Waals surface area contributed by atoms with Gasteiger partial charge in [-0.15, -0.1) is 0 Å². The number of aromatic nitrogens is 2. The van der Waals surface area contributed by atoms with E-state index in [0.29, 0.717) is 23.7 Å². The van der Waals surface area contributed by atoms with Crippen LogP contribution < -0.4 is 9.47 Å². The van der Waals surface area contributed by atoms with Crippen LogP contribution in [0.1, 0.15) is 57.3 Å². The smallest absolute Gasteiger partial charge is 0.275 e. The standard InChI is InChI=1S/C25H27N3O3/c1-30-21-14-17-12-13-28(25(29)23-18-10-6-7-11-20(18)26-27-23)24(16-8-4-3-5-9-16)19(17)15-22(21)31-2/h3-5,8-9,14-15,24H,6-7,10-13H2,1-2H3,(H,26,27). The Bertz CT molecular complexity index is 1110. The minimum Gasteiger partial charge on any atom is -0.493 e. The third-order valence-corrected chi connectivity index (χ3v) is 6.51. The summed E-state index contributed by atoms with van der Waals surface area (Å²) in [6.07, 6.45) is 4.90. The molecule has 6 nitrogen and oxygen atoms in total. The van der Waals surface area contributed by atoms with E-state index in [1.165, 1.54) is 5.56 Å². The number of nitrogens with one attached hydrogen (secondary N) is 1. The van der Waals surface area contributed by atoms with Crippen LogP contribution in [0.2, 0.25) is 0 Å². The molecular formula is C25H27N3O3. The van der Waals surface area contributed by atoms with Gasteiger partial charge in [0.05, 0.1) is 20.3 Å². The molecule has 2 aromatic carbocycles. The van der Waals surface area contributed by atoms with Gasteiger partial charge in [0.15, 0.2) is 17.2 Å². The third kappa shape index (κ3) is 3.36. The van der Waals surface area contributed by atoms with Gasteiger partial charge < -0.3 is 14.4 Å². The predicted molar refractivity (Wildman–Crippen MR) is 118 cm³/mol. The van der Waals surface area contributed by atoms with Crippen LogP contribution in [-0.4, -0.2) is 41.8 Å². The second-order valence-electron chi connectivity index (χ2n) is 8.20. The third-order valence-electron chi connectivity index (χ3n) is 6.51. The van der Waals surface area contributed by atoms with E-state index < -0.39 is 0 Å². The van der Waals surface area contributed by atoms with Crippen LogP contribution in [0.25, 0.3) is 0 Å². The normalized spacial score (nSPS) is 17.6. The van der Waals surface area contributed by atoms with Crippen LogP contribution in [-0.2, 0) is 19.3 Å². The Kier molecular flexibility index (Phi) is 5.14. The molecule has 3 aromatic rings. The average molecular weight is 418 g/mol. The zero-order valence-electron chi connectivity index (χ0n) is 18.0. The molecule has 0 saturated carbocycles. The number of benzene rings is 2. The summed E-state index contributed by atoms with van der Waals surface area (Å²) in [5.74, 6) is 1.39. The number of carbonyl (C=O) groups is 1. The van der Waals surface area contributed by atoms with Crippen molar-refractivity contribution in [3.8, 4) is 11.5 Å². The maximum Gasteiger partial charge on any atom is 0.275 e. The molecule has 0 saturated heterocycles. The van der Waals surface area contributed by atoms with E-state index in [9.17, 15) is 4.79 Å². The molecule has 1 N–H and O–H groups in total. The topological polar surface area (TPSA) is 67.5 Å². The molecule has 1 aliphatic heterocycles. The maximum absolute atomic E-state index is 13.8. The van der Waals surface area contributed by atoms with E-state index in [2.05, 4.69) is 22.3 Å². The summed E-state index contributed by atoms with van der Waals surface area (Å²) in [4.78, 5) is 15.8. The van der Waals surface area contributed by atoms with Crippen molar-refractivity contribution in [2.24, 2.45) is 0 Å². The van der Waals surface area contributed by atoms with Gasteiger partial charge in [-0.3, -0.25) is 9.89 Å². The van der Waals surface area contributed by atoms with Crippen molar-refractivity contribution in [3.63, 3.8) is 0 Å². The van der Waals surface area contributed by atoms with Crippen molar-refractivity contribution in [2.75, 3.05) is 20.8 Å². The quantitative estimate of drug-likeness (QED) is 0.694. The van der Waals surface area contributed by atoms with Crippen molar-refractivity contribution in [1.82, 2.24) is 15.1 Å². The first-order valence-electron chi connectivity index (χ1n) is 10.9. The molecule has 0 radical (unpaired) electrons. The minimum atomic E-state index is -0.201. The summed E-state index contributed by atoms with van der Waals surface area (Å²) in [6.45, 7) is 0.627. The van der Waals surface area contributed by atoms with Crippen molar-refractivity contribution < 1.29 is 14.3 Å². The number of rotatable bonds is 4. The predicted octanol–water partition coefficient (Wildman–Crippen LogP) is 4.09. The summed E-state index contributed by atoms with van der Waals surface area (Å²) in [5, 5.41) is 7.58. The Morgan fingerprint density at radius 3 is 2.55 bits per heavy atom. The average Bonchev–Trinajstić information content (AvgIpc) is 3.26. The van der Waals surface area contributed by atoms with Gasteiger partial charge in [-0.1, -0.05) is 30.3 Å². The van der Waals surface area contributed by atoms with Crippen LogP contribution in [0, 0.1) is 0 Å². The van der Waals surface area contributed by atoms with E-state index in [4.69, 9.17) is 9.47 Å². The van der Waals surface area contributed by atoms with Crippen LogP contribution in [0.3, 0.4) is 0 Å². The van der Waals surface area contributed by atoms with Gasteiger partial charge in [0.1, 0.15) is 0 Å². The summed E-state index contributed by atoms with van der Waals surface area (Å²) < 4.78 is 11.1. The summed E-state index contributed by atoms with van der Waals surface area (Å²) >= 11 is 0. The van der Waals surface area contributed by atoms with Crippen molar-refractivity contribution in [3.05, 3.63) is 76.1 Å². The molecule has 1 amide bonds. The van der Waals surface area contributed by atoms with Crippen molar-refractivity contribution in [1.29, 1.82) is 0 Å². The highest BCUT2D eigenvalue weighted by molar-refractivity contribution is 5.95. The summed E-state index contributed by atoms with van der Waals surface area (Å²) in [7, 11) is 3.29. The molecule has 1 aromatic heterocycles. The molecule has 2 heterocycles. The Labute approximate surface area is 182 Å². The first-order chi connectivity index (χ1) is 15.2. The molecule has 5 rings (SSSR count). The fourth-order valence-electron chi connectivity index (χ4n) is 4.95. The number of amides is 1. The van der Waals surface area contributed by atoms with E-state index in [0.717, 1.165) is 54.5 Å². The Hall–Kier alpha value is -3.28. The first-order valence-corrected chi connectivity index (χ1v) is 10.9. The second kappa shape index (κ2) is 8.10. The van der Waals surface area contributed by atoms with Crippen LogP contribution in [0.4, 0.5) is 0 Å².